The minimum absolute atomic E-state index is 0.222. The van der Waals surface area contributed by atoms with E-state index in [0.717, 1.165) is 64.2 Å². The standard InChI is InChI=1S/C52H94O10/c1-3-5-7-9-11-13-15-17-19-21-22-23-24-25-27-29-31-33-35-37-39-41-48(55)61-45(44-60-52-51(58)50(57)49(56)46(42-53)62-52)43-59-47(54)40-38-36-34-32-30-28-26-20-18-16-14-12-10-8-6-4-2/h15,17,20-22,26,45-46,49-53,56-58H,3-14,16,18-19,23-25,27-44H2,1-2H3/b17-15-,22-21-,26-20-. The van der Waals surface area contributed by atoms with Crippen LogP contribution < -0.4 is 0 Å². The lowest BCUT2D eigenvalue weighted by Crippen LogP contribution is -2.59. The quantitative estimate of drug-likeness (QED) is 0.0265. The molecule has 0 amide bonds. The average molecular weight is 879 g/mol. The van der Waals surface area contributed by atoms with Crippen LogP contribution in [0.15, 0.2) is 36.5 Å². The Hall–Kier alpha value is -2.08. The Morgan fingerprint density at radius 2 is 0.903 bits per heavy atom. The van der Waals surface area contributed by atoms with Crippen molar-refractivity contribution in [3.8, 4) is 0 Å². The third kappa shape index (κ3) is 33.4. The molecule has 0 aromatic rings. The predicted octanol–water partition coefficient (Wildman–Crippen LogP) is 11.8. The van der Waals surface area contributed by atoms with E-state index in [4.69, 9.17) is 18.9 Å². The van der Waals surface area contributed by atoms with Gasteiger partial charge in [0, 0.05) is 12.8 Å². The average Bonchev–Trinajstić information content (AvgIpc) is 3.27. The highest BCUT2D eigenvalue weighted by molar-refractivity contribution is 5.70. The fraction of sp³-hybridized carbons (Fsp3) is 0.846. The number of carbonyl (C=O) groups is 2. The number of aliphatic hydroxyl groups excluding tert-OH is 4. The molecule has 10 nitrogen and oxygen atoms in total. The van der Waals surface area contributed by atoms with Crippen LogP contribution in [0.3, 0.4) is 0 Å². The largest absolute Gasteiger partial charge is 0.462 e. The first kappa shape index (κ1) is 57.9. The van der Waals surface area contributed by atoms with E-state index in [-0.39, 0.29) is 32.0 Å². The Morgan fingerprint density at radius 3 is 1.35 bits per heavy atom. The maximum Gasteiger partial charge on any atom is 0.306 e. The molecule has 0 spiro atoms. The van der Waals surface area contributed by atoms with Crippen LogP contribution in [0.1, 0.15) is 226 Å². The van der Waals surface area contributed by atoms with Crippen molar-refractivity contribution in [1.82, 2.24) is 0 Å². The molecule has 0 aliphatic carbocycles. The van der Waals surface area contributed by atoms with Gasteiger partial charge >= 0.3 is 11.9 Å². The number of hydrogen-bond donors (Lipinski definition) is 4. The van der Waals surface area contributed by atoms with Crippen LogP contribution in [0.25, 0.3) is 0 Å². The summed E-state index contributed by atoms with van der Waals surface area (Å²) in [6, 6.07) is 0. The number of aliphatic hydroxyl groups is 4. The molecule has 362 valence electrons. The zero-order valence-corrected chi connectivity index (χ0v) is 39.6. The molecular formula is C52H94O10. The lowest BCUT2D eigenvalue weighted by Gasteiger charge is -2.39. The van der Waals surface area contributed by atoms with E-state index in [2.05, 4.69) is 50.3 Å². The molecule has 10 heteroatoms. The van der Waals surface area contributed by atoms with E-state index in [9.17, 15) is 30.0 Å². The molecule has 62 heavy (non-hydrogen) atoms. The highest BCUT2D eigenvalue weighted by Gasteiger charge is 2.44. The van der Waals surface area contributed by atoms with Crippen molar-refractivity contribution in [3.05, 3.63) is 36.5 Å². The smallest absolute Gasteiger partial charge is 0.306 e. The van der Waals surface area contributed by atoms with Gasteiger partial charge in [-0.1, -0.05) is 179 Å². The molecule has 1 aliphatic heterocycles. The molecule has 1 aliphatic rings. The molecular weight excluding hydrogens is 785 g/mol. The Balaban J connectivity index is 2.27. The molecule has 1 heterocycles. The van der Waals surface area contributed by atoms with E-state index in [1.165, 1.54) is 122 Å². The van der Waals surface area contributed by atoms with Crippen molar-refractivity contribution < 1.29 is 49.0 Å². The summed E-state index contributed by atoms with van der Waals surface area (Å²) in [6.07, 6.45) is 42.9. The van der Waals surface area contributed by atoms with Crippen LogP contribution in [0.2, 0.25) is 0 Å². The summed E-state index contributed by atoms with van der Waals surface area (Å²) in [5, 5.41) is 40.2. The Kier molecular flexibility index (Phi) is 40.0. The molecule has 1 saturated heterocycles. The number of hydrogen-bond acceptors (Lipinski definition) is 10. The van der Waals surface area contributed by atoms with E-state index in [1.807, 2.05) is 0 Å². The maximum absolute atomic E-state index is 12.8. The third-order valence-electron chi connectivity index (χ3n) is 11.7. The van der Waals surface area contributed by atoms with Crippen LogP contribution in [-0.4, -0.2) is 89.0 Å². The van der Waals surface area contributed by atoms with Crippen molar-refractivity contribution in [3.63, 3.8) is 0 Å². The number of rotatable bonds is 43. The number of unbranched alkanes of at least 4 members (excludes halogenated alkanes) is 26. The maximum atomic E-state index is 12.8. The molecule has 0 aromatic carbocycles. The van der Waals surface area contributed by atoms with E-state index in [0.29, 0.717) is 12.8 Å². The molecule has 0 bridgehead atoms. The summed E-state index contributed by atoms with van der Waals surface area (Å²) in [4.78, 5) is 25.4. The van der Waals surface area contributed by atoms with Gasteiger partial charge in [0.15, 0.2) is 12.4 Å². The molecule has 1 rings (SSSR count). The SMILES string of the molecule is CCCCCCC/C=C\C/C=C\CCCCCCCCCCCC(=O)OC(COC(=O)CCCCCCC/C=C\CCCCCCCCC)COC1OC(CO)C(O)C(O)C1O. The fourth-order valence-corrected chi connectivity index (χ4v) is 7.68. The summed E-state index contributed by atoms with van der Waals surface area (Å²) in [5.41, 5.74) is 0. The fourth-order valence-electron chi connectivity index (χ4n) is 7.68. The first-order chi connectivity index (χ1) is 30.3. The van der Waals surface area contributed by atoms with E-state index in [1.54, 1.807) is 0 Å². The topological polar surface area (TPSA) is 152 Å². The van der Waals surface area contributed by atoms with Crippen molar-refractivity contribution in [2.45, 2.75) is 263 Å². The van der Waals surface area contributed by atoms with E-state index >= 15 is 0 Å². The molecule has 4 N–H and O–H groups in total. The first-order valence-corrected chi connectivity index (χ1v) is 25.6. The van der Waals surface area contributed by atoms with Gasteiger partial charge in [-0.05, 0) is 70.6 Å². The molecule has 0 aromatic heterocycles. The van der Waals surface area contributed by atoms with Crippen molar-refractivity contribution in [2.75, 3.05) is 19.8 Å². The van der Waals surface area contributed by atoms with Crippen molar-refractivity contribution in [1.29, 1.82) is 0 Å². The van der Waals surface area contributed by atoms with Gasteiger partial charge in [0.1, 0.15) is 31.0 Å². The summed E-state index contributed by atoms with van der Waals surface area (Å²) >= 11 is 0. The van der Waals surface area contributed by atoms with Gasteiger partial charge in [-0.15, -0.1) is 0 Å². The molecule has 0 radical (unpaired) electrons. The third-order valence-corrected chi connectivity index (χ3v) is 11.7. The van der Waals surface area contributed by atoms with Gasteiger partial charge in [-0.3, -0.25) is 9.59 Å². The van der Waals surface area contributed by atoms with Gasteiger partial charge in [-0.25, -0.2) is 0 Å². The van der Waals surface area contributed by atoms with Crippen molar-refractivity contribution >= 4 is 11.9 Å². The summed E-state index contributed by atoms with van der Waals surface area (Å²) in [5.74, 6) is -0.815. The molecule has 6 unspecified atom stereocenters. The lowest BCUT2D eigenvalue weighted by atomic mass is 9.99. The van der Waals surface area contributed by atoms with Crippen LogP contribution in [0.5, 0.6) is 0 Å². The van der Waals surface area contributed by atoms with Crippen LogP contribution in [0, 0.1) is 0 Å². The number of carbonyl (C=O) groups excluding carboxylic acids is 2. The highest BCUT2D eigenvalue weighted by atomic mass is 16.7. The van der Waals surface area contributed by atoms with E-state index < -0.39 is 49.4 Å². The zero-order chi connectivity index (χ0) is 45.1. The zero-order valence-electron chi connectivity index (χ0n) is 39.6. The monoisotopic (exact) mass is 879 g/mol. The summed E-state index contributed by atoms with van der Waals surface area (Å²) in [7, 11) is 0. The second-order valence-corrected chi connectivity index (χ2v) is 17.6. The minimum atomic E-state index is -1.60. The first-order valence-electron chi connectivity index (χ1n) is 25.6. The second kappa shape index (κ2) is 42.8. The summed E-state index contributed by atoms with van der Waals surface area (Å²) < 4.78 is 22.2. The normalized spacial score (nSPS) is 19.9. The Bertz CT molecular complexity index is 1110. The van der Waals surface area contributed by atoms with Gasteiger partial charge in [0.05, 0.1) is 13.2 Å². The summed E-state index contributed by atoms with van der Waals surface area (Å²) in [6.45, 7) is 3.42. The molecule has 0 saturated carbocycles. The van der Waals surface area contributed by atoms with Crippen LogP contribution >= 0.6 is 0 Å². The lowest BCUT2D eigenvalue weighted by molar-refractivity contribution is -0.305. The highest BCUT2D eigenvalue weighted by Crippen LogP contribution is 2.23. The Morgan fingerprint density at radius 1 is 0.500 bits per heavy atom. The number of allylic oxidation sites excluding steroid dienone is 6. The van der Waals surface area contributed by atoms with Gasteiger partial charge < -0.3 is 39.4 Å². The van der Waals surface area contributed by atoms with Gasteiger partial charge in [0.25, 0.3) is 0 Å². The number of ether oxygens (including phenoxy) is 4. The van der Waals surface area contributed by atoms with Gasteiger partial charge in [0.2, 0.25) is 0 Å². The van der Waals surface area contributed by atoms with Crippen molar-refractivity contribution in [2.24, 2.45) is 0 Å². The van der Waals surface area contributed by atoms with Gasteiger partial charge in [-0.2, -0.15) is 0 Å². The second-order valence-electron chi connectivity index (χ2n) is 17.6. The van der Waals surface area contributed by atoms with Crippen LogP contribution in [-0.2, 0) is 28.5 Å². The predicted molar refractivity (Wildman–Crippen MR) is 252 cm³/mol. The van der Waals surface area contributed by atoms with Crippen LogP contribution in [0.4, 0.5) is 0 Å². The Labute approximate surface area is 378 Å². The molecule has 1 fully saturated rings. The molecule has 6 atom stereocenters. The minimum Gasteiger partial charge on any atom is -0.462 e. The number of esters is 2.